The smallest absolute Gasteiger partial charge is 0.295 e. The number of carbonyl (C=O) groups excluding carboxylic acids is 2. The van der Waals surface area contributed by atoms with E-state index in [4.69, 9.17) is 0 Å². The highest BCUT2D eigenvalue weighted by Gasteiger charge is 2.45. The summed E-state index contributed by atoms with van der Waals surface area (Å²) in [7, 11) is 0. The van der Waals surface area contributed by atoms with Crippen LogP contribution in [0.1, 0.15) is 31.0 Å². The summed E-state index contributed by atoms with van der Waals surface area (Å²) in [5, 5.41) is 10.8. The summed E-state index contributed by atoms with van der Waals surface area (Å²) in [5.41, 5.74) is 0.654. The van der Waals surface area contributed by atoms with Crippen molar-refractivity contribution in [1.82, 2.24) is 9.80 Å². The van der Waals surface area contributed by atoms with Crippen LogP contribution >= 0.6 is 0 Å². The first-order valence-corrected chi connectivity index (χ1v) is 9.89. The number of halogens is 2. The molecule has 3 rings (SSSR count). The van der Waals surface area contributed by atoms with Gasteiger partial charge in [0.25, 0.3) is 11.7 Å². The number of hydrogen-bond acceptors (Lipinski definition) is 4. The van der Waals surface area contributed by atoms with Crippen molar-refractivity contribution in [1.29, 1.82) is 0 Å². The molecule has 5 nitrogen and oxygen atoms in total. The van der Waals surface area contributed by atoms with Gasteiger partial charge in [-0.2, -0.15) is 0 Å². The van der Waals surface area contributed by atoms with E-state index in [0.717, 1.165) is 13.1 Å². The van der Waals surface area contributed by atoms with E-state index in [0.29, 0.717) is 12.1 Å². The fourth-order valence-electron chi connectivity index (χ4n) is 3.65. The summed E-state index contributed by atoms with van der Waals surface area (Å²) in [6, 6.07) is 9.64. The molecule has 0 saturated carbocycles. The molecule has 1 fully saturated rings. The molecule has 0 spiro atoms. The van der Waals surface area contributed by atoms with Crippen LogP contribution in [0.2, 0.25) is 0 Å². The lowest BCUT2D eigenvalue weighted by Crippen LogP contribution is -2.38. The van der Waals surface area contributed by atoms with Crippen molar-refractivity contribution in [3.63, 3.8) is 0 Å². The third kappa shape index (κ3) is 4.26. The fraction of sp³-hybridized carbons (Fsp3) is 0.304. The van der Waals surface area contributed by atoms with Crippen LogP contribution in [-0.4, -0.2) is 52.8 Å². The van der Waals surface area contributed by atoms with Crippen molar-refractivity contribution in [2.24, 2.45) is 0 Å². The van der Waals surface area contributed by atoms with Crippen LogP contribution in [-0.2, 0) is 9.59 Å². The quantitative estimate of drug-likeness (QED) is 0.426. The summed E-state index contributed by atoms with van der Waals surface area (Å²) in [6.45, 7) is 6.41. The van der Waals surface area contributed by atoms with Crippen LogP contribution in [0.4, 0.5) is 8.78 Å². The summed E-state index contributed by atoms with van der Waals surface area (Å²) in [4.78, 5) is 29.2. The average Bonchev–Trinajstić information content (AvgIpc) is 3.00. The van der Waals surface area contributed by atoms with E-state index in [-0.39, 0.29) is 23.4 Å². The third-order valence-corrected chi connectivity index (χ3v) is 5.39. The second-order valence-corrected chi connectivity index (χ2v) is 7.08. The number of aliphatic hydroxyl groups excluding tert-OH is 1. The lowest BCUT2D eigenvalue weighted by molar-refractivity contribution is -0.140. The first-order chi connectivity index (χ1) is 14.4. The Kier molecular flexibility index (Phi) is 6.62. The van der Waals surface area contributed by atoms with Crippen molar-refractivity contribution in [3.05, 3.63) is 76.9 Å². The molecule has 0 unspecified atom stereocenters. The maximum absolute atomic E-state index is 13.5. The maximum atomic E-state index is 13.5. The first-order valence-electron chi connectivity index (χ1n) is 9.89. The number of aliphatic hydroxyl groups is 1. The first kappa shape index (κ1) is 21.6. The fourth-order valence-corrected chi connectivity index (χ4v) is 3.65. The molecule has 0 bridgehead atoms. The molecule has 1 N–H and O–H groups in total. The molecule has 0 aromatic heterocycles. The van der Waals surface area contributed by atoms with Gasteiger partial charge in [0.15, 0.2) is 0 Å². The van der Waals surface area contributed by atoms with Crippen molar-refractivity contribution in [2.75, 3.05) is 26.2 Å². The predicted octanol–water partition coefficient (Wildman–Crippen LogP) is 3.73. The van der Waals surface area contributed by atoms with E-state index in [2.05, 4.69) is 4.90 Å². The topological polar surface area (TPSA) is 60.9 Å². The predicted molar refractivity (Wildman–Crippen MR) is 110 cm³/mol. The lowest BCUT2D eigenvalue weighted by Gasteiger charge is -2.28. The van der Waals surface area contributed by atoms with E-state index in [1.165, 1.54) is 53.4 Å². The Balaban J connectivity index is 2.08. The van der Waals surface area contributed by atoms with Crippen LogP contribution in [0.15, 0.2) is 54.1 Å². The highest BCUT2D eigenvalue weighted by Crippen LogP contribution is 2.39. The molecule has 0 aliphatic carbocycles. The number of benzene rings is 2. The molecule has 2 aromatic carbocycles. The molecule has 1 atom stereocenters. The third-order valence-electron chi connectivity index (χ3n) is 5.39. The van der Waals surface area contributed by atoms with E-state index >= 15 is 0 Å². The molecular weight excluding hydrogens is 390 g/mol. The number of rotatable bonds is 7. The van der Waals surface area contributed by atoms with E-state index in [1.807, 2.05) is 13.8 Å². The second kappa shape index (κ2) is 9.17. The van der Waals surface area contributed by atoms with Gasteiger partial charge in [-0.05, 0) is 55.1 Å². The summed E-state index contributed by atoms with van der Waals surface area (Å²) >= 11 is 0. The molecule has 2 aromatic rings. The van der Waals surface area contributed by atoms with Crippen LogP contribution in [0, 0.1) is 11.6 Å². The number of ketones is 1. The number of Topliss-reactive ketones (excluding diaryl/α,β-unsaturated/α-hetero) is 1. The van der Waals surface area contributed by atoms with E-state index in [9.17, 15) is 23.5 Å². The number of hydrogen-bond donors (Lipinski definition) is 1. The molecule has 1 amide bonds. The van der Waals surface area contributed by atoms with Crippen LogP contribution in [0.3, 0.4) is 0 Å². The van der Waals surface area contributed by atoms with Crippen molar-refractivity contribution >= 4 is 17.4 Å². The Bertz CT molecular complexity index is 951. The van der Waals surface area contributed by atoms with Crippen LogP contribution in [0.5, 0.6) is 0 Å². The normalized spacial score (nSPS) is 18.4. The molecular formula is C23H24F2N2O3. The Labute approximate surface area is 174 Å². The number of carbonyl (C=O) groups is 2. The highest BCUT2D eigenvalue weighted by molar-refractivity contribution is 6.46. The molecule has 1 aliphatic heterocycles. The zero-order valence-electron chi connectivity index (χ0n) is 16.9. The van der Waals surface area contributed by atoms with Gasteiger partial charge < -0.3 is 14.9 Å². The van der Waals surface area contributed by atoms with Gasteiger partial charge in [-0.3, -0.25) is 9.59 Å². The SMILES string of the molecule is CCN(CC)CCN1C(=O)C(=O)C(=C(O)c2ccc(F)cc2)[C@H]1c1ccc(F)cc1. The largest absolute Gasteiger partial charge is 0.507 e. The highest BCUT2D eigenvalue weighted by atomic mass is 19.1. The van der Waals surface area contributed by atoms with Gasteiger partial charge in [-0.15, -0.1) is 0 Å². The minimum atomic E-state index is -0.855. The second-order valence-electron chi connectivity index (χ2n) is 7.08. The van der Waals surface area contributed by atoms with Gasteiger partial charge in [0.1, 0.15) is 17.4 Å². The summed E-state index contributed by atoms with van der Waals surface area (Å²) in [6.07, 6.45) is 0. The Morgan fingerprint density at radius 3 is 2.03 bits per heavy atom. The molecule has 1 aliphatic rings. The van der Waals surface area contributed by atoms with Gasteiger partial charge >= 0.3 is 0 Å². The van der Waals surface area contributed by atoms with Gasteiger partial charge in [-0.25, -0.2) is 8.78 Å². The molecule has 7 heteroatoms. The maximum Gasteiger partial charge on any atom is 0.295 e. The van der Waals surface area contributed by atoms with Crippen molar-refractivity contribution in [3.8, 4) is 0 Å². The Morgan fingerprint density at radius 2 is 1.50 bits per heavy atom. The van der Waals surface area contributed by atoms with Crippen molar-refractivity contribution in [2.45, 2.75) is 19.9 Å². The van der Waals surface area contributed by atoms with Crippen LogP contribution in [0.25, 0.3) is 5.76 Å². The Hall–Kier alpha value is -3.06. The molecule has 1 heterocycles. The summed E-state index contributed by atoms with van der Waals surface area (Å²) in [5.74, 6) is -2.85. The Morgan fingerprint density at radius 1 is 0.967 bits per heavy atom. The van der Waals surface area contributed by atoms with E-state index in [1.54, 1.807) is 0 Å². The van der Waals surface area contributed by atoms with Crippen molar-refractivity contribution < 1.29 is 23.5 Å². The minimum absolute atomic E-state index is 0.0854. The number of amides is 1. The van der Waals surface area contributed by atoms with Gasteiger partial charge in [-0.1, -0.05) is 26.0 Å². The van der Waals surface area contributed by atoms with Gasteiger partial charge in [0.05, 0.1) is 11.6 Å². The average molecular weight is 414 g/mol. The number of likely N-dealkylation sites (tertiary alicyclic amines) is 1. The number of nitrogens with zero attached hydrogens (tertiary/aromatic N) is 2. The zero-order chi connectivity index (χ0) is 21.8. The zero-order valence-corrected chi connectivity index (χ0v) is 16.9. The van der Waals surface area contributed by atoms with E-state index < -0.39 is 29.4 Å². The molecule has 30 heavy (non-hydrogen) atoms. The molecule has 158 valence electrons. The standard InChI is InChI=1S/C23H24F2N2O3/c1-3-26(4-2)13-14-27-20(15-5-9-17(24)10-6-15)19(22(29)23(27)30)21(28)16-7-11-18(25)12-8-16/h5-12,20,28H,3-4,13-14H2,1-2H3/t20-/m1/s1. The summed E-state index contributed by atoms with van der Waals surface area (Å²) < 4.78 is 26.8. The van der Waals surface area contributed by atoms with Gasteiger partial charge in [0.2, 0.25) is 0 Å². The minimum Gasteiger partial charge on any atom is -0.507 e. The van der Waals surface area contributed by atoms with Crippen LogP contribution < -0.4 is 0 Å². The lowest BCUT2D eigenvalue weighted by atomic mass is 9.95. The van der Waals surface area contributed by atoms with Gasteiger partial charge in [0, 0.05) is 18.7 Å². The monoisotopic (exact) mass is 414 g/mol. The molecule has 0 radical (unpaired) electrons. The number of likely N-dealkylation sites (N-methyl/N-ethyl adjacent to an activating group) is 1. The molecule has 1 saturated heterocycles.